The Labute approximate surface area is 173 Å². The van der Waals surface area contributed by atoms with Gasteiger partial charge in [-0.1, -0.05) is 24.7 Å². The van der Waals surface area contributed by atoms with Crippen molar-refractivity contribution in [3.8, 4) is 17.5 Å². The molecular formula is C21H21N5O2S. The summed E-state index contributed by atoms with van der Waals surface area (Å²) in [6.07, 6.45) is 6.34. The quantitative estimate of drug-likeness (QED) is 0.446. The number of benzene rings is 1. The number of carbonyl (C=O) groups is 1. The molecule has 0 radical (unpaired) electrons. The minimum absolute atomic E-state index is 0.0104. The molecule has 0 saturated heterocycles. The van der Waals surface area contributed by atoms with E-state index in [-0.39, 0.29) is 5.57 Å². The van der Waals surface area contributed by atoms with E-state index in [1.165, 1.54) is 11.3 Å². The second-order valence-corrected chi connectivity index (χ2v) is 7.29. The van der Waals surface area contributed by atoms with Crippen LogP contribution in [0.2, 0.25) is 0 Å². The highest BCUT2D eigenvalue weighted by Crippen LogP contribution is 2.21. The number of methoxy groups -OCH3 is 1. The molecule has 0 aliphatic rings. The minimum atomic E-state index is -0.506. The third-order valence-electron chi connectivity index (χ3n) is 4.22. The lowest BCUT2D eigenvalue weighted by atomic mass is 10.2. The summed E-state index contributed by atoms with van der Waals surface area (Å²) in [6, 6.07) is 13.2. The molecule has 0 spiro atoms. The number of aryl methyl sites for hydroxylation is 1. The van der Waals surface area contributed by atoms with Crippen molar-refractivity contribution in [1.82, 2.24) is 14.8 Å². The van der Waals surface area contributed by atoms with Crippen LogP contribution in [0.1, 0.15) is 30.5 Å². The Bertz CT molecular complexity index is 1040. The molecule has 29 heavy (non-hydrogen) atoms. The lowest BCUT2D eigenvalue weighted by molar-refractivity contribution is -0.112. The van der Waals surface area contributed by atoms with E-state index in [0.29, 0.717) is 10.8 Å². The van der Waals surface area contributed by atoms with E-state index < -0.39 is 5.91 Å². The molecule has 1 N–H and O–H groups in total. The van der Waals surface area contributed by atoms with Crippen LogP contribution >= 0.6 is 11.3 Å². The molecule has 0 aliphatic carbocycles. The van der Waals surface area contributed by atoms with E-state index >= 15 is 0 Å². The lowest BCUT2D eigenvalue weighted by Gasteiger charge is -2.08. The number of nitriles is 1. The highest BCUT2D eigenvalue weighted by Gasteiger charge is 2.14. The normalized spacial score (nSPS) is 11.1. The third-order valence-corrected chi connectivity index (χ3v) is 5.12. The Hall–Kier alpha value is -3.44. The molecule has 0 unspecified atom stereocenters. The molecule has 3 aromatic rings. The summed E-state index contributed by atoms with van der Waals surface area (Å²) in [5.74, 6) is 0.249. The van der Waals surface area contributed by atoms with E-state index in [9.17, 15) is 10.1 Å². The number of nitrogens with one attached hydrogen (secondary N) is 1. The molecule has 1 amide bonds. The second-order valence-electron chi connectivity index (χ2n) is 6.23. The van der Waals surface area contributed by atoms with Crippen LogP contribution in [0.5, 0.6) is 5.75 Å². The molecule has 0 fully saturated rings. The van der Waals surface area contributed by atoms with Gasteiger partial charge in [-0.25, -0.2) is 0 Å². The van der Waals surface area contributed by atoms with Crippen LogP contribution in [0.25, 0.3) is 11.8 Å². The van der Waals surface area contributed by atoms with Gasteiger partial charge in [0.2, 0.25) is 5.13 Å². The predicted molar refractivity (Wildman–Crippen MR) is 113 cm³/mol. The van der Waals surface area contributed by atoms with Gasteiger partial charge >= 0.3 is 0 Å². The van der Waals surface area contributed by atoms with E-state index in [0.717, 1.165) is 35.7 Å². The van der Waals surface area contributed by atoms with Gasteiger partial charge in [-0.2, -0.15) is 5.26 Å². The molecule has 3 rings (SSSR count). The molecule has 0 aliphatic heterocycles. The summed E-state index contributed by atoms with van der Waals surface area (Å²) in [4.78, 5) is 12.5. The molecule has 2 heterocycles. The number of anilines is 1. The summed E-state index contributed by atoms with van der Waals surface area (Å²) in [5.41, 5.74) is 1.59. The fraction of sp³-hybridized carbons (Fsp3) is 0.238. The number of hydrogen-bond donors (Lipinski definition) is 1. The Balaban J connectivity index is 1.78. The van der Waals surface area contributed by atoms with Gasteiger partial charge in [-0.05, 0) is 48.9 Å². The summed E-state index contributed by atoms with van der Waals surface area (Å²) in [5, 5.41) is 21.5. The van der Waals surface area contributed by atoms with Crippen molar-refractivity contribution in [3.05, 3.63) is 58.9 Å². The molecule has 0 saturated carbocycles. The van der Waals surface area contributed by atoms with Gasteiger partial charge in [0, 0.05) is 24.0 Å². The largest absolute Gasteiger partial charge is 0.497 e. The van der Waals surface area contributed by atoms with E-state index in [1.54, 1.807) is 13.2 Å². The SMILES string of the molecule is CCCCc1nnc(NC(=O)/C(C#N)=C\c2cccn2-c2ccc(OC)cc2)s1. The van der Waals surface area contributed by atoms with Gasteiger partial charge in [-0.15, -0.1) is 10.2 Å². The number of hydrogen-bond acceptors (Lipinski definition) is 6. The number of rotatable bonds is 8. The first-order chi connectivity index (χ1) is 14.1. The van der Waals surface area contributed by atoms with Gasteiger partial charge in [0.15, 0.2) is 0 Å². The average molecular weight is 407 g/mol. The molecule has 8 heteroatoms. The standard InChI is InChI=1S/C21H21N5O2S/c1-3-4-7-19-24-25-21(29-19)23-20(27)15(14-22)13-17-6-5-12-26(17)16-8-10-18(28-2)11-9-16/h5-6,8-13H,3-4,7H2,1-2H3,(H,23,25,27)/b15-13-. The second kappa shape index (κ2) is 9.66. The maximum absolute atomic E-state index is 12.5. The topological polar surface area (TPSA) is 92.8 Å². The Morgan fingerprint density at radius 1 is 1.31 bits per heavy atom. The number of aromatic nitrogens is 3. The van der Waals surface area contributed by atoms with Crippen molar-refractivity contribution in [1.29, 1.82) is 5.26 Å². The molecule has 148 valence electrons. The van der Waals surface area contributed by atoms with Crippen molar-refractivity contribution in [2.24, 2.45) is 0 Å². The Kier molecular flexibility index (Phi) is 6.76. The van der Waals surface area contributed by atoms with Gasteiger partial charge in [0.25, 0.3) is 5.91 Å². The number of carbonyl (C=O) groups excluding carboxylic acids is 1. The molecule has 7 nitrogen and oxygen atoms in total. The first-order valence-electron chi connectivity index (χ1n) is 9.22. The predicted octanol–water partition coefficient (Wildman–Crippen LogP) is 4.23. The van der Waals surface area contributed by atoms with Crippen LogP contribution in [0.3, 0.4) is 0 Å². The van der Waals surface area contributed by atoms with Crippen LogP contribution < -0.4 is 10.1 Å². The van der Waals surface area contributed by atoms with Gasteiger partial charge in [0.05, 0.1) is 7.11 Å². The van der Waals surface area contributed by atoms with E-state index in [4.69, 9.17) is 4.74 Å². The van der Waals surface area contributed by atoms with Crippen molar-refractivity contribution >= 4 is 28.5 Å². The van der Waals surface area contributed by atoms with Crippen LogP contribution in [-0.4, -0.2) is 27.8 Å². The summed E-state index contributed by atoms with van der Waals surface area (Å²) < 4.78 is 7.07. The number of amides is 1. The maximum atomic E-state index is 12.5. The lowest BCUT2D eigenvalue weighted by Crippen LogP contribution is -2.13. The fourth-order valence-corrected chi connectivity index (χ4v) is 3.46. The Morgan fingerprint density at radius 2 is 2.10 bits per heavy atom. The van der Waals surface area contributed by atoms with Crippen LogP contribution in [-0.2, 0) is 11.2 Å². The van der Waals surface area contributed by atoms with Crippen molar-refractivity contribution in [3.63, 3.8) is 0 Å². The summed E-state index contributed by atoms with van der Waals surface area (Å²) >= 11 is 1.33. The minimum Gasteiger partial charge on any atom is -0.497 e. The van der Waals surface area contributed by atoms with Gasteiger partial charge in [-0.3, -0.25) is 10.1 Å². The summed E-state index contributed by atoms with van der Waals surface area (Å²) in [7, 11) is 1.61. The number of nitrogens with zero attached hydrogens (tertiary/aromatic N) is 4. The van der Waals surface area contributed by atoms with Crippen molar-refractivity contribution < 1.29 is 9.53 Å². The van der Waals surface area contributed by atoms with Crippen LogP contribution in [0.15, 0.2) is 48.2 Å². The highest BCUT2D eigenvalue weighted by molar-refractivity contribution is 7.15. The first-order valence-corrected chi connectivity index (χ1v) is 10.0. The molecule has 1 aromatic carbocycles. The molecule has 0 atom stereocenters. The van der Waals surface area contributed by atoms with Gasteiger partial charge in [0.1, 0.15) is 22.4 Å². The number of unbranched alkanes of at least 4 members (excludes halogenated alkanes) is 1. The summed E-state index contributed by atoms with van der Waals surface area (Å²) in [6.45, 7) is 2.11. The first kappa shape index (κ1) is 20.3. The fourth-order valence-electron chi connectivity index (χ4n) is 2.68. The molecular weight excluding hydrogens is 386 g/mol. The third kappa shape index (κ3) is 5.09. The zero-order valence-corrected chi connectivity index (χ0v) is 17.1. The molecule has 2 aromatic heterocycles. The van der Waals surface area contributed by atoms with E-state index in [2.05, 4.69) is 22.4 Å². The van der Waals surface area contributed by atoms with Crippen molar-refractivity contribution in [2.75, 3.05) is 12.4 Å². The van der Waals surface area contributed by atoms with E-state index in [1.807, 2.05) is 53.2 Å². The van der Waals surface area contributed by atoms with Crippen LogP contribution in [0.4, 0.5) is 5.13 Å². The monoisotopic (exact) mass is 407 g/mol. The average Bonchev–Trinajstić information content (AvgIpc) is 3.39. The smallest absolute Gasteiger partial charge is 0.268 e. The maximum Gasteiger partial charge on any atom is 0.268 e. The zero-order chi connectivity index (χ0) is 20.6. The van der Waals surface area contributed by atoms with Crippen LogP contribution in [0, 0.1) is 11.3 Å². The zero-order valence-electron chi connectivity index (χ0n) is 16.3. The highest BCUT2D eigenvalue weighted by atomic mass is 32.1. The van der Waals surface area contributed by atoms with Gasteiger partial charge < -0.3 is 9.30 Å². The number of ether oxygens (including phenoxy) is 1. The van der Waals surface area contributed by atoms with Crippen molar-refractivity contribution in [2.45, 2.75) is 26.2 Å². The molecule has 0 bridgehead atoms. The Morgan fingerprint density at radius 3 is 2.79 bits per heavy atom.